The lowest BCUT2D eigenvalue weighted by molar-refractivity contribution is -0.0335. The molecule has 2 rings (SSSR count). The maximum Gasteiger partial charge on any atom is 0.312 e. The number of nitrogens with two attached hydrogens (primary N) is 1. The molecule has 1 saturated heterocycles. The number of rotatable bonds is 8. The summed E-state index contributed by atoms with van der Waals surface area (Å²) in [5, 5.41) is 6.10. The number of hydrogen-bond donors (Lipinski definition) is 3. The Morgan fingerprint density at radius 2 is 1.91 bits per heavy atom. The topological polar surface area (TPSA) is 85.6 Å². The van der Waals surface area contributed by atoms with Crippen LogP contribution in [0.3, 0.4) is 0 Å². The lowest BCUT2D eigenvalue weighted by Gasteiger charge is -2.30. The normalized spacial score (nSPS) is 23.3. The smallest absolute Gasteiger partial charge is 0.312 e. The molecular formula is C17H33N3O3. The average molecular weight is 327 g/mol. The molecule has 6 nitrogen and oxygen atoms in total. The van der Waals surface area contributed by atoms with Crippen LogP contribution in [0.4, 0.5) is 4.79 Å². The molecule has 23 heavy (non-hydrogen) atoms. The number of piperidine rings is 1. The summed E-state index contributed by atoms with van der Waals surface area (Å²) < 4.78 is 12.0. The molecule has 2 atom stereocenters. The molecule has 1 saturated carbocycles. The van der Waals surface area contributed by atoms with Gasteiger partial charge in [-0.1, -0.05) is 19.3 Å². The number of carbonyl (C=O) groups excluding carboxylic acids is 1. The molecule has 0 spiro atoms. The summed E-state index contributed by atoms with van der Waals surface area (Å²) in [6, 6.07) is -0.706. The Morgan fingerprint density at radius 1 is 1.22 bits per heavy atom. The molecule has 2 amide bonds. The van der Waals surface area contributed by atoms with Crippen molar-refractivity contribution in [1.29, 1.82) is 0 Å². The van der Waals surface area contributed by atoms with Gasteiger partial charge in [0, 0.05) is 6.61 Å². The van der Waals surface area contributed by atoms with E-state index in [2.05, 4.69) is 10.6 Å². The Labute approximate surface area is 139 Å². The lowest BCUT2D eigenvalue weighted by Crippen LogP contribution is -2.49. The summed E-state index contributed by atoms with van der Waals surface area (Å²) in [5.41, 5.74) is 5.31. The van der Waals surface area contributed by atoms with Crippen molar-refractivity contribution in [2.45, 2.75) is 70.1 Å². The van der Waals surface area contributed by atoms with Crippen molar-refractivity contribution in [3.63, 3.8) is 0 Å². The Balaban J connectivity index is 1.74. The number of hydrogen-bond acceptors (Lipinski definition) is 4. The number of ether oxygens (including phenoxy) is 2. The maximum atomic E-state index is 11.3. The minimum atomic E-state index is -0.517. The molecule has 1 aliphatic carbocycles. The van der Waals surface area contributed by atoms with Gasteiger partial charge in [0.2, 0.25) is 0 Å². The Bertz CT molecular complexity index is 342. The monoisotopic (exact) mass is 327 g/mol. The van der Waals surface area contributed by atoms with E-state index in [0.29, 0.717) is 12.5 Å². The zero-order valence-electron chi connectivity index (χ0n) is 14.4. The Morgan fingerprint density at radius 3 is 2.57 bits per heavy atom. The van der Waals surface area contributed by atoms with E-state index in [0.717, 1.165) is 32.5 Å². The maximum absolute atomic E-state index is 11.3. The average Bonchev–Trinajstić information content (AvgIpc) is 2.58. The molecule has 1 aliphatic heterocycles. The summed E-state index contributed by atoms with van der Waals surface area (Å²) >= 11 is 0. The third-order valence-corrected chi connectivity index (χ3v) is 5.01. The van der Waals surface area contributed by atoms with Gasteiger partial charge in [-0.2, -0.15) is 0 Å². The second kappa shape index (κ2) is 10.1. The summed E-state index contributed by atoms with van der Waals surface area (Å²) in [4.78, 5) is 11.3. The molecule has 2 fully saturated rings. The first-order chi connectivity index (χ1) is 11.1. The van der Waals surface area contributed by atoms with Gasteiger partial charge >= 0.3 is 6.03 Å². The van der Waals surface area contributed by atoms with Gasteiger partial charge in [0.15, 0.2) is 0 Å². The van der Waals surface area contributed by atoms with Gasteiger partial charge in [-0.25, -0.2) is 4.79 Å². The van der Waals surface area contributed by atoms with Crippen LogP contribution in [0.2, 0.25) is 0 Å². The summed E-state index contributed by atoms with van der Waals surface area (Å²) in [5.74, 6) is 0.658. The van der Waals surface area contributed by atoms with Gasteiger partial charge in [-0.15, -0.1) is 0 Å². The van der Waals surface area contributed by atoms with Gasteiger partial charge in [0.25, 0.3) is 0 Å². The van der Waals surface area contributed by atoms with Crippen LogP contribution < -0.4 is 16.4 Å². The van der Waals surface area contributed by atoms with Crippen LogP contribution in [-0.2, 0) is 9.47 Å². The largest absolute Gasteiger partial charge is 0.376 e. The van der Waals surface area contributed by atoms with Crippen molar-refractivity contribution in [2.75, 3.05) is 26.3 Å². The molecule has 6 heteroatoms. The fourth-order valence-electron chi connectivity index (χ4n) is 3.44. The van der Waals surface area contributed by atoms with Crippen LogP contribution in [-0.4, -0.2) is 50.6 Å². The number of amides is 2. The highest BCUT2D eigenvalue weighted by atomic mass is 16.5. The Kier molecular flexibility index (Phi) is 8.12. The Hall–Kier alpha value is -0.850. The fourth-order valence-corrected chi connectivity index (χ4v) is 3.44. The van der Waals surface area contributed by atoms with Crippen molar-refractivity contribution >= 4 is 6.03 Å². The fraction of sp³-hybridized carbons (Fsp3) is 0.941. The summed E-state index contributed by atoms with van der Waals surface area (Å²) in [6.07, 6.45) is 8.68. The van der Waals surface area contributed by atoms with Crippen molar-refractivity contribution in [3.8, 4) is 0 Å². The predicted octanol–water partition coefficient (Wildman–Crippen LogP) is 1.78. The standard InChI is InChI=1S/C17H33N3O3/c1-13(22-11-14-5-3-2-4-6-14)16(20-17(18)21)12-23-15-7-9-19-10-8-15/h13-16,19H,2-12H2,1H3,(H3,18,20,21). The van der Waals surface area contributed by atoms with Crippen LogP contribution in [0.25, 0.3) is 0 Å². The van der Waals surface area contributed by atoms with Crippen LogP contribution in [0, 0.1) is 5.92 Å². The quantitative estimate of drug-likeness (QED) is 0.634. The molecule has 2 unspecified atom stereocenters. The molecule has 0 radical (unpaired) electrons. The van der Waals surface area contributed by atoms with Gasteiger partial charge < -0.3 is 25.8 Å². The first-order valence-corrected chi connectivity index (χ1v) is 9.15. The van der Waals surface area contributed by atoms with E-state index in [-0.39, 0.29) is 18.2 Å². The number of primary amides is 1. The third kappa shape index (κ3) is 7.06. The molecule has 134 valence electrons. The van der Waals surface area contributed by atoms with Crippen molar-refractivity contribution in [2.24, 2.45) is 11.7 Å². The van der Waals surface area contributed by atoms with E-state index in [1.54, 1.807) is 0 Å². The highest BCUT2D eigenvalue weighted by molar-refractivity contribution is 5.72. The first kappa shape index (κ1) is 18.5. The number of urea groups is 1. The molecule has 4 N–H and O–H groups in total. The zero-order chi connectivity index (χ0) is 16.5. The van der Waals surface area contributed by atoms with E-state index in [1.165, 1.54) is 32.1 Å². The molecule has 1 heterocycles. The van der Waals surface area contributed by atoms with Crippen LogP contribution >= 0.6 is 0 Å². The summed E-state index contributed by atoms with van der Waals surface area (Å²) in [7, 11) is 0. The van der Waals surface area contributed by atoms with Crippen LogP contribution in [0.15, 0.2) is 0 Å². The number of carbonyl (C=O) groups is 1. The number of nitrogens with one attached hydrogen (secondary N) is 2. The SMILES string of the molecule is CC(OCC1CCCCC1)C(COC1CCNCC1)NC(N)=O. The molecule has 2 aliphatic rings. The molecule has 0 aromatic rings. The van der Waals surface area contributed by atoms with E-state index in [9.17, 15) is 4.79 Å². The second-order valence-corrected chi connectivity index (χ2v) is 6.94. The molecule has 0 aromatic carbocycles. The molecular weight excluding hydrogens is 294 g/mol. The summed E-state index contributed by atoms with van der Waals surface area (Å²) in [6.45, 7) is 5.21. The van der Waals surface area contributed by atoms with Crippen LogP contribution in [0.5, 0.6) is 0 Å². The minimum absolute atomic E-state index is 0.0915. The van der Waals surface area contributed by atoms with Crippen molar-refractivity contribution in [1.82, 2.24) is 10.6 Å². The van der Waals surface area contributed by atoms with E-state index in [1.807, 2.05) is 6.92 Å². The minimum Gasteiger partial charge on any atom is -0.376 e. The highest BCUT2D eigenvalue weighted by Crippen LogP contribution is 2.24. The van der Waals surface area contributed by atoms with Gasteiger partial charge in [-0.05, 0) is 51.6 Å². The molecule has 0 aromatic heterocycles. The highest BCUT2D eigenvalue weighted by Gasteiger charge is 2.24. The van der Waals surface area contributed by atoms with Crippen molar-refractivity contribution in [3.05, 3.63) is 0 Å². The van der Waals surface area contributed by atoms with E-state index in [4.69, 9.17) is 15.2 Å². The van der Waals surface area contributed by atoms with Gasteiger partial charge in [0.1, 0.15) is 0 Å². The molecule has 0 bridgehead atoms. The second-order valence-electron chi connectivity index (χ2n) is 6.94. The van der Waals surface area contributed by atoms with Gasteiger partial charge in [0.05, 0.1) is 24.9 Å². The van der Waals surface area contributed by atoms with Gasteiger partial charge in [-0.3, -0.25) is 0 Å². The van der Waals surface area contributed by atoms with E-state index >= 15 is 0 Å². The third-order valence-electron chi connectivity index (χ3n) is 5.01. The predicted molar refractivity (Wildman–Crippen MR) is 90.3 cm³/mol. The van der Waals surface area contributed by atoms with Crippen LogP contribution in [0.1, 0.15) is 51.9 Å². The first-order valence-electron chi connectivity index (χ1n) is 9.15. The van der Waals surface area contributed by atoms with E-state index < -0.39 is 6.03 Å². The zero-order valence-corrected chi connectivity index (χ0v) is 14.4. The van der Waals surface area contributed by atoms with Crippen molar-refractivity contribution < 1.29 is 14.3 Å². The lowest BCUT2D eigenvalue weighted by atomic mass is 9.90.